The second kappa shape index (κ2) is 2.72. The summed E-state index contributed by atoms with van der Waals surface area (Å²) in [5, 5.41) is -1.17. The van der Waals surface area contributed by atoms with Gasteiger partial charge in [0.05, 0.1) is 5.41 Å². The number of halogens is 6. The molecule has 15 heavy (non-hydrogen) atoms. The molecule has 1 aromatic rings. The second-order valence-corrected chi connectivity index (χ2v) is 5.18. The Labute approximate surface area is 81.9 Å². The van der Waals surface area contributed by atoms with E-state index in [1.807, 2.05) is 0 Å². The predicted octanol–water partition coefficient (Wildman–Crippen LogP) is 5.09. The highest BCUT2D eigenvalue weighted by Gasteiger charge is 2.60. The number of hydrogen-bond acceptors (Lipinski definition) is 0. The minimum atomic E-state index is -9.60. The molecule has 0 aliphatic heterocycles. The summed E-state index contributed by atoms with van der Waals surface area (Å²) in [5.74, 6) is -0.990. The minimum Gasteiger partial charge on any atom is -0.206 e. The van der Waals surface area contributed by atoms with Crippen molar-refractivity contribution >= 4 is 16.3 Å². The Morgan fingerprint density at radius 3 is 1.93 bits per heavy atom. The van der Waals surface area contributed by atoms with E-state index in [0.29, 0.717) is 0 Å². The van der Waals surface area contributed by atoms with Gasteiger partial charge in [0.15, 0.2) is 0 Å². The molecule has 0 heterocycles. The Bertz CT molecular complexity index is 404. The van der Waals surface area contributed by atoms with Crippen molar-refractivity contribution < 1.29 is 23.8 Å². The van der Waals surface area contributed by atoms with Gasteiger partial charge in [0, 0.05) is 5.56 Å². The van der Waals surface area contributed by atoms with Gasteiger partial charge in [-0.25, -0.2) is 4.39 Å². The van der Waals surface area contributed by atoms with E-state index < -0.39 is 27.0 Å². The average Bonchev–Trinajstić information content (AvgIpc) is 1.99. The molecule has 0 nitrogen and oxygen atoms in total. The smallest absolute Gasteiger partial charge is 0.206 e. The lowest BCUT2D eigenvalue weighted by molar-refractivity contribution is 0.385. The lowest BCUT2D eigenvalue weighted by Gasteiger charge is -2.36. The standard InChI is InChI=1S/C8H6F6S/c9-8-4-2-1-3-7(8)5-6-15(10,11,12,13)14/h1-6H/b6-5-. The van der Waals surface area contributed by atoms with E-state index in [1.165, 1.54) is 12.1 Å². The van der Waals surface area contributed by atoms with Crippen LogP contribution in [0, 0.1) is 5.82 Å². The fourth-order valence-corrected chi connectivity index (χ4v) is 1.22. The van der Waals surface area contributed by atoms with Crippen LogP contribution in [-0.4, -0.2) is 0 Å². The molecule has 0 amide bonds. The minimum absolute atomic E-state index is 0.0247. The lowest BCUT2D eigenvalue weighted by atomic mass is 10.2. The van der Waals surface area contributed by atoms with Gasteiger partial charge in [0.25, 0.3) is 0 Å². The van der Waals surface area contributed by atoms with Gasteiger partial charge in [-0.1, -0.05) is 37.6 Å². The van der Waals surface area contributed by atoms with Crippen LogP contribution in [-0.2, 0) is 0 Å². The normalized spacial score (nSPS) is 17.5. The quantitative estimate of drug-likeness (QED) is 0.639. The fourth-order valence-electron chi connectivity index (χ4n) is 0.812. The third-order valence-electron chi connectivity index (χ3n) is 1.41. The van der Waals surface area contributed by atoms with E-state index in [4.69, 9.17) is 0 Å². The maximum atomic E-state index is 12.8. The van der Waals surface area contributed by atoms with E-state index >= 15 is 0 Å². The molecule has 0 atom stereocenters. The highest BCUT2D eigenvalue weighted by atomic mass is 32.5. The van der Waals surface area contributed by atoms with Crippen molar-refractivity contribution in [2.45, 2.75) is 0 Å². The molecule has 0 saturated heterocycles. The summed E-state index contributed by atoms with van der Waals surface area (Å²) in [5.41, 5.74) is -0.536. The van der Waals surface area contributed by atoms with E-state index in [1.54, 1.807) is 0 Å². The lowest BCUT2D eigenvalue weighted by Crippen LogP contribution is -1.99. The van der Waals surface area contributed by atoms with Crippen molar-refractivity contribution in [1.82, 2.24) is 0 Å². The molecule has 0 radical (unpaired) electrons. The van der Waals surface area contributed by atoms with Crippen molar-refractivity contribution in [1.29, 1.82) is 0 Å². The molecule has 0 aliphatic carbocycles. The highest BCUT2D eigenvalue weighted by Crippen LogP contribution is 2.99. The number of hydrogen-bond donors (Lipinski definition) is 0. The molecule has 1 aromatic carbocycles. The topological polar surface area (TPSA) is 0 Å². The third-order valence-corrected chi connectivity index (χ3v) is 2.06. The summed E-state index contributed by atoms with van der Waals surface area (Å²) in [4.78, 5) is 0. The van der Waals surface area contributed by atoms with Gasteiger partial charge in [0.1, 0.15) is 5.82 Å². The van der Waals surface area contributed by atoms with E-state index in [9.17, 15) is 23.8 Å². The third kappa shape index (κ3) is 4.78. The number of benzene rings is 1. The van der Waals surface area contributed by atoms with Gasteiger partial charge in [-0.15, -0.1) is 0 Å². The van der Waals surface area contributed by atoms with Gasteiger partial charge in [-0.05, 0) is 12.1 Å². The van der Waals surface area contributed by atoms with Crippen LogP contribution in [0.2, 0.25) is 0 Å². The van der Waals surface area contributed by atoms with Gasteiger partial charge in [-0.3, -0.25) is 0 Å². The summed E-state index contributed by atoms with van der Waals surface area (Å²) in [6, 6.07) is 4.33. The molecule has 0 aliphatic rings. The van der Waals surface area contributed by atoms with Crippen molar-refractivity contribution in [3.63, 3.8) is 0 Å². The van der Waals surface area contributed by atoms with E-state index in [0.717, 1.165) is 12.1 Å². The molecule has 0 saturated carbocycles. The molecular weight excluding hydrogens is 242 g/mol. The zero-order chi connectivity index (χ0) is 11.8. The fraction of sp³-hybridized carbons (Fsp3) is 0. The largest absolute Gasteiger partial charge is 0.304 e. The predicted molar refractivity (Wildman–Crippen MR) is 48.6 cm³/mol. The Kier molecular flexibility index (Phi) is 2.17. The first kappa shape index (κ1) is 12.0. The van der Waals surface area contributed by atoms with Crippen LogP contribution >= 0.6 is 10.2 Å². The Hall–Kier alpha value is -1.11. The molecule has 0 unspecified atom stereocenters. The van der Waals surface area contributed by atoms with Crippen molar-refractivity contribution in [3.05, 3.63) is 41.1 Å². The molecule has 0 aromatic heterocycles. The molecule has 0 spiro atoms. The summed E-state index contributed by atoms with van der Waals surface area (Å²) in [7, 11) is -9.60. The van der Waals surface area contributed by atoms with Crippen LogP contribution in [0.15, 0.2) is 29.7 Å². The molecule has 0 N–H and O–H groups in total. The molecule has 0 fully saturated rings. The van der Waals surface area contributed by atoms with E-state index in [-0.39, 0.29) is 6.08 Å². The van der Waals surface area contributed by atoms with Crippen molar-refractivity contribution in [2.24, 2.45) is 0 Å². The van der Waals surface area contributed by atoms with Crippen LogP contribution in [0.25, 0.3) is 6.08 Å². The van der Waals surface area contributed by atoms with Crippen molar-refractivity contribution in [3.8, 4) is 0 Å². The summed E-state index contributed by atoms with van der Waals surface area (Å²) in [6.07, 6.45) is 0.0247. The Morgan fingerprint density at radius 1 is 0.933 bits per heavy atom. The second-order valence-electron chi connectivity index (χ2n) is 2.85. The average molecular weight is 248 g/mol. The van der Waals surface area contributed by atoms with Crippen LogP contribution < -0.4 is 0 Å². The first-order valence-electron chi connectivity index (χ1n) is 3.65. The van der Waals surface area contributed by atoms with Gasteiger partial charge >= 0.3 is 10.2 Å². The maximum Gasteiger partial charge on any atom is 0.304 e. The monoisotopic (exact) mass is 248 g/mol. The van der Waals surface area contributed by atoms with Crippen LogP contribution in [0.1, 0.15) is 5.56 Å². The van der Waals surface area contributed by atoms with Gasteiger partial charge < -0.3 is 0 Å². The van der Waals surface area contributed by atoms with Crippen LogP contribution in [0.3, 0.4) is 0 Å². The SMILES string of the molecule is Fc1ccccc1/C=C\S(F)(F)(F)(F)F. The summed E-state index contributed by atoms with van der Waals surface area (Å²) >= 11 is 0. The summed E-state index contributed by atoms with van der Waals surface area (Å²) in [6.45, 7) is 0. The van der Waals surface area contributed by atoms with Crippen LogP contribution in [0.4, 0.5) is 23.8 Å². The number of rotatable bonds is 2. The zero-order valence-corrected chi connectivity index (χ0v) is 7.96. The Morgan fingerprint density at radius 2 is 1.47 bits per heavy atom. The highest BCUT2D eigenvalue weighted by molar-refractivity contribution is 8.48. The van der Waals surface area contributed by atoms with E-state index in [2.05, 4.69) is 0 Å². The summed E-state index contributed by atoms with van der Waals surface area (Å²) < 4.78 is 71.9. The molecule has 0 bridgehead atoms. The molecule has 7 heteroatoms. The first-order chi connectivity index (χ1) is 6.47. The van der Waals surface area contributed by atoms with Gasteiger partial charge in [-0.2, -0.15) is 0 Å². The zero-order valence-electron chi connectivity index (χ0n) is 7.14. The molecular formula is C8H6F6S. The first-order valence-corrected chi connectivity index (χ1v) is 5.66. The van der Waals surface area contributed by atoms with Gasteiger partial charge in [0.2, 0.25) is 0 Å². The Balaban J connectivity index is 3.09. The molecule has 86 valence electrons. The van der Waals surface area contributed by atoms with Crippen LogP contribution in [0.5, 0.6) is 0 Å². The molecule has 1 rings (SSSR count). The maximum absolute atomic E-state index is 12.8. The van der Waals surface area contributed by atoms with Crippen molar-refractivity contribution in [2.75, 3.05) is 0 Å².